The van der Waals surface area contributed by atoms with Crippen LogP contribution in [-0.4, -0.2) is 14.5 Å². The summed E-state index contributed by atoms with van der Waals surface area (Å²) < 4.78 is 2.04. The fraction of sp³-hybridized carbons (Fsp3) is 0.222. The molecule has 0 bridgehead atoms. The highest BCUT2D eigenvalue weighted by molar-refractivity contribution is 5.67. The predicted molar refractivity (Wildman–Crippen MR) is 88.5 cm³/mol. The van der Waals surface area contributed by atoms with Crippen LogP contribution in [0.15, 0.2) is 47.5 Å². The van der Waals surface area contributed by atoms with Crippen LogP contribution in [0.2, 0.25) is 0 Å². The fourth-order valence-corrected chi connectivity index (χ4v) is 2.66. The maximum atomic E-state index is 11.8. The number of nitrogens with zero attached hydrogens (tertiary/aromatic N) is 2. The zero-order valence-electron chi connectivity index (χ0n) is 13.1. The van der Waals surface area contributed by atoms with Gasteiger partial charge in [-0.1, -0.05) is 19.1 Å². The molecule has 4 nitrogen and oxygen atoms in total. The van der Waals surface area contributed by atoms with Crippen molar-refractivity contribution in [2.45, 2.75) is 27.2 Å². The quantitative estimate of drug-likeness (QED) is 0.804. The monoisotopic (exact) mass is 293 g/mol. The Balaban J connectivity index is 2.05. The summed E-state index contributed by atoms with van der Waals surface area (Å²) >= 11 is 0. The van der Waals surface area contributed by atoms with Gasteiger partial charge in [-0.15, -0.1) is 0 Å². The van der Waals surface area contributed by atoms with Crippen molar-refractivity contribution in [1.82, 2.24) is 14.5 Å². The number of aromatic nitrogens is 3. The molecular weight excluding hydrogens is 274 g/mol. The van der Waals surface area contributed by atoms with Crippen molar-refractivity contribution < 1.29 is 0 Å². The number of pyridine rings is 1. The summed E-state index contributed by atoms with van der Waals surface area (Å²) in [5.41, 5.74) is 4.99. The number of benzene rings is 1. The number of aromatic amines is 1. The molecule has 0 aliphatic rings. The number of hydrogen-bond donors (Lipinski definition) is 1. The molecule has 0 amide bonds. The summed E-state index contributed by atoms with van der Waals surface area (Å²) in [7, 11) is 0. The highest BCUT2D eigenvalue weighted by Gasteiger charge is 2.08. The Kier molecular flexibility index (Phi) is 3.67. The third-order valence-electron chi connectivity index (χ3n) is 3.94. The molecule has 0 fully saturated rings. The average molecular weight is 293 g/mol. The molecule has 0 saturated carbocycles. The lowest BCUT2D eigenvalue weighted by Crippen LogP contribution is -2.12. The van der Waals surface area contributed by atoms with Gasteiger partial charge >= 0.3 is 0 Å². The Hall–Kier alpha value is -2.62. The molecule has 0 aliphatic carbocycles. The minimum atomic E-state index is -0.00809. The van der Waals surface area contributed by atoms with Crippen LogP contribution in [0.25, 0.3) is 16.8 Å². The van der Waals surface area contributed by atoms with Crippen molar-refractivity contribution in [1.29, 1.82) is 0 Å². The molecule has 1 aromatic carbocycles. The normalized spacial score (nSPS) is 10.9. The van der Waals surface area contributed by atoms with E-state index in [1.54, 1.807) is 6.20 Å². The molecule has 0 unspecified atom stereocenters. The van der Waals surface area contributed by atoms with Gasteiger partial charge in [-0.25, -0.2) is 4.98 Å². The Bertz CT molecular complexity index is 857. The molecule has 0 atom stereocenters. The summed E-state index contributed by atoms with van der Waals surface area (Å²) in [4.78, 5) is 19.0. The summed E-state index contributed by atoms with van der Waals surface area (Å²) in [6.07, 6.45) is 4.54. The second-order valence-electron chi connectivity index (χ2n) is 5.42. The van der Waals surface area contributed by atoms with Gasteiger partial charge in [0.1, 0.15) is 5.82 Å². The third-order valence-corrected chi connectivity index (χ3v) is 3.94. The molecule has 112 valence electrons. The van der Waals surface area contributed by atoms with Crippen LogP contribution in [0.5, 0.6) is 0 Å². The highest BCUT2D eigenvalue weighted by Crippen LogP contribution is 2.24. The van der Waals surface area contributed by atoms with Crippen molar-refractivity contribution in [3.63, 3.8) is 0 Å². The zero-order valence-corrected chi connectivity index (χ0v) is 13.1. The Morgan fingerprint density at radius 1 is 1.18 bits per heavy atom. The van der Waals surface area contributed by atoms with E-state index in [2.05, 4.69) is 34.2 Å². The van der Waals surface area contributed by atoms with Crippen LogP contribution in [0.3, 0.4) is 0 Å². The lowest BCUT2D eigenvalue weighted by molar-refractivity contribution is 0.974. The SMILES string of the molecule is CCc1[nH]c(=O)c(C)cc1-c1ccc(-n2ccnc2C)cc1. The number of H-pyrrole nitrogens is 1. The number of nitrogens with one attached hydrogen (secondary N) is 1. The topological polar surface area (TPSA) is 50.7 Å². The summed E-state index contributed by atoms with van der Waals surface area (Å²) in [6.45, 7) is 5.87. The molecule has 0 radical (unpaired) electrons. The van der Waals surface area contributed by atoms with Gasteiger partial charge in [-0.3, -0.25) is 4.79 Å². The van der Waals surface area contributed by atoms with E-state index < -0.39 is 0 Å². The van der Waals surface area contributed by atoms with Gasteiger partial charge in [-0.05, 0) is 44.0 Å². The third kappa shape index (κ3) is 2.48. The van der Waals surface area contributed by atoms with Crippen molar-refractivity contribution in [2.24, 2.45) is 0 Å². The van der Waals surface area contributed by atoms with Crippen LogP contribution in [0.4, 0.5) is 0 Å². The van der Waals surface area contributed by atoms with Gasteiger partial charge in [-0.2, -0.15) is 0 Å². The van der Waals surface area contributed by atoms with E-state index in [1.807, 2.05) is 37.6 Å². The molecule has 4 heteroatoms. The lowest BCUT2D eigenvalue weighted by atomic mass is 10.0. The second kappa shape index (κ2) is 5.64. The summed E-state index contributed by atoms with van der Waals surface area (Å²) in [5, 5.41) is 0. The van der Waals surface area contributed by atoms with Crippen LogP contribution < -0.4 is 5.56 Å². The molecular formula is C18H19N3O. The smallest absolute Gasteiger partial charge is 0.251 e. The average Bonchev–Trinajstić information content (AvgIpc) is 2.96. The van der Waals surface area contributed by atoms with Crippen LogP contribution in [0.1, 0.15) is 24.0 Å². The molecule has 2 heterocycles. The maximum absolute atomic E-state index is 11.8. The van der Waals surface area contributed by atoms with Crippen LogP contribution >= 0.6 is 0 Å². The Morgan fingerprint density at radius 2 is 1.91 bits per heavy atom. The van der Waals surface area contributed by atoms with Gasteiger partial charge in [0.25, 0.3) is 5.56 Å². The van der Waals surface area contributed by atoms with E-state index in [0.29, 0.717) is 0 Å². The first kappa shape index (κ1) is 14.3. The first-order chi connectivity index (χ1) is 10.6. The van der Waals surface area contributed by atoms with Crippen molar-refractivity contribution in [3.8, 4) is 16.8 Å². The largest absolute Gasteiger partial charge is 0.325 e. The zero-order chi connectivity index (χ0) is 15.7. The van der Waals surface area contributed by atoms with E-state index in [1.165, 1.54) is 0 Å². The minimum absolute atomic E-state index is 0.00809. The first-order valence-electron chi connectivity index (χ1n) is 7.43. The van der Waals surface area contributed by atoms with Gasteiger partial charge < -0.3 is 9.55 Å². The lowest BCUT2D eigenvalue weighted by Gasteiger charge is -2.11. The van der Waals surface area contributed by atoms with Crippen LogP contribution in [0, 0.1) is 13.8 Å². The van der Waals surface area contributed by atoms with E-state index in [9.17, 15) is 4.79 Å². The summed E-state index contributed by atoms with van der Waals surface area (Å²) in [6, 6.07) is 10.3. The fourth-order valence-electron chi connectivity index (χ4n) is 2.66. The second-order valence-corrected chi connectivity index (χ2v) is 5.42. The molecule has 22 heavy (non-hydrogen) atoms. The van der Waals surface area contributed by atoms with E-state index >= 15 is 0 Å². The number of aryl methyl sites for hydroxylation is 3. The number of rotatable bonds is 3. The highest BCUT2D eigenvalue weighted by atomic mass is 16.1. The molecule has 0 aliphatic heterocycles. The van der Waals surface area contributed by atoms with E-state index in [0.717, 1.165) is 40.3 Å². The van der Waals surface area contributed by atoms with E-state index in [4.69, 9.17) is 0 Å². The maximum Gasteiger partial charge on any atom is 0.251 e. The summed E-state index contributed by atoms with van der Waals surface area (Å²) in [5.74, 6) is 0.960. The molecule has 2 aromatic heterocycles. The Labute approximate surface area is 129 Å². The van der Waals surface area contributed by atoms with Crippen LogP contribution in [-0.2, 0) is 6.42 Å². The van der Waals surface area contributed by atoms with Gasteiger partial charge in [0.05, 0.1) is 0 Å². The Morgan fingerprint density at radius 3 is 2.50 bits per heavy atom. The predicted octanol–water partition coefficient (Wildman–Crippen LogP) is 3.41. The number of imidazole rings is 1. The first-order valence-corrected chi connectivity index (χ1v) is 7.43. The molecule has 0 saturated heterocycles. The van der Waals surface area contributed by atoms with E-state index in [-0.39, 0.29) is 5.56 Å². The van der Waals surface area contributed by atoms with Crippen molar-refractivity contribution in [2.75, 3.05) is 0 Å². The van der Waals surface area contributed by atoms with Gasteiger partial charge in [0.15, 0.2) is 0 Å². The molecule has 3 rings (SSSR count). The van der Waals surface area contributed by atoms with Gasteiger partial charge in [0, 0.05) is 34.9 Å². The van der Waals surface area contributed by atoms with Gasteiger partial charge in [0.2, 0.25) is 0 Å². The molecule has 0 spiro atoms. The molecule has 3 aromatic rings. The standard InChI is InChI=1S/C18H19N3O/c1-4-17-16(11-12(2)18(22)20-17)14-5-7-15(8-6-14)21-10-9-19-13(21)3/h5-11H,4H2,1-3H3,(H,20,22). The van der Waals surface area contributed by atoms with Crippen molar-refractivity contribution >= 4 is 0 Å². The molecule has 1 N–H and O–H groups in total. The number of hydrogen-bond acceptors (Lipinski definition) is 2. The minimum Gasteiger partial charge on any atom is -0.325 e. The van der Waals surface area contributed by atoms with Crippen molar-refractivity contribution in [3.05, 3.63) is 70.2 Å².